The highest BCUT2D eigenvalue weighted by Crippen LogP contribution is 2.32. The van der Waals surface area contributed by atoms with Crippen LogP contribution in [0.15, 0.2) is 36.4 Å². The van der Waals surface area contributed by atoms with Crippen LogP contribution in [0.2, 0.25) is 0 Å². The Balaban J connectivity index is 2.13. The Morgan fingerprint density at radius 3 is 2.63 bits per heavy atom. The summed E-state index contributed by atoms with van der Waals surface area (Å²) in [5.41, 5.74) is 5.80. The van der Waals surface area contributed by atoms with Crippen LogP contribution < -0.4 is 16.4 Å². The third-order valence-corrected chi connectivity index (χ3v) is 3.47. The number of amides is 1. The van der Waals surface area contributed by atoms with Gasteiger partial charge < -0.3 is 15.8 Å². The molecule has 0 aliphatic rings. The molecule has 0 saturated carbocycles. The van der Waals surface area contributed by atoms with E-state index in [1.54, 1.807) is 37.3 Å². The number of nitrogen functional groups attached to an aromatic ring is 1. The number of carbonyl (C=O) groups excluding carboxylic acids is 2. The smallest absolute Gasteiger partial charge is 0.412 e. The normalized spacial score (nSPS) is 10.1. The third-order valence-electron chi connectivity index (χ3n) is 3.47. The van der Waals surface area contributed by atoms with E-state index < -0.39 is 16.7 Å². The summed E-state index contributed by atoms with van der Waals surface area (Å²) in [7, 11) is 0. The minimum Gasteiger partial charge on any atom is -0.450 e. The number of nitro groups is 1. The van der Waals surface area contributed by atoms with Gasteiger partial charge in [0.1, 0.15) is 11.5 Å². The van der Waals surface area contributed by atoms with Crippen LogP contribution in [-0.2, 0) is 4.74 Å². The molecule has 0 unspecified atom stereocenters. The Kier molecular flexibility index (Phi) is 6.64. The number of nitrogens with zero attached hydrogens (tertiary/aromatic N) is 2. The van der Waals surface area contributed by atoms with Gasteiger partial charge in [0.05, 0.1) is 11.5 Å². The summed E-state index contributed by atoms with van der Waals surface area (Å²) in [6.45, 7) is 1.92. The maximum absolute atomic E-state index is 12.1. The summed E-state index contributed by atoms with van der Waals surface area (Å²) < 4.78 is 4.74. The number of carbonyl (C=O) groups is 2. The van der Waals surface area contributed by atoms with Gasteiger partial charge in [0.25, 0.3) is 0 Å². The first-order valence-electron chi connectivity index (χ1n) is 8.13. The predicted octanol–water partition coefficient (Wildman–Crippen LogP) is 2.83. The number of hydrogen-bond donors (Lipinski definition) is 3. The van der Waals surface area contributed by atoms with Crippen LogP contribution in [0.5, 0.6) is 0 Å². The molecule has 1 heterocycles. The highest BCUT2D eigenvalue weighted by atomic mass is 16.6. The number of anilines is 3. The molecule has 1 amide bonds. The van der Waals surface area contributed by atoms with Gasteiger partial charge >= 0.3 is 11.8 Å². The molecule has 0 saturated heterocycles. The molecule has 1 aromatic carbocycles. The molecule has 10 nitrogen and oxygen atoms in total. The van der Waals surface area contributed by atoms with Crippen molar-refractivity contribution in [2.45, 2.75) is 13.3 Å². The van der Waals surface area contributed by atoms with Gasteiger partial charge in [-0.2, -0.15) is 0 Å². The van der Waals surface area contributed by atoms with E-state index >= 15 is 0 Å². The summed E-state index contributed by atoms with van der Waals surface area (Å²) in [5, 5.41) is 16.4. The average Bonchev–Trinajstić information content (AvgIpc) is 2.61. The van der Waals surface area contributed by atoms with Crippen molar-refractivity contribution >= 4 is 34.9 Å². The molecule has 0 fully saturated rings. The molecule has 2 aromatic rings. The monoisotopic (exact) mass is 373 g/mol. The first kappa shape index (κ1) is 19.6. The highest BCUT2D eigenvalue weighted by molar-refractivity contribution is 5.96. The Morgan fingerprint density at radius 1 is 1.30 bits per heavy atom. The third kappa shape index (κ3) is 5.39. The van der Waals surface area contributed by atoms with Crippen LogP contribution in [0.3, 0.4) is 0 Å². The Labute approximate surface area is 154 Å². The summed E-state index contributed by atoms with van der Waals surface area (Å²) in [5.74, 6) is -0.489. The molecule has 4 N–H and O–H groups in total. The number of ether oxygens (including phenoxy) is 1. The largest absolute Gasteiger partial charge is 0.450 e. The summed E-state index contributed by atoms with van der Waals surface area (Å²) in [4.78, 5) is 38.0. The molecule has 0 aliphatic carbocycles. The summed E-state index contributed by atoms with van der Waals surface area (Å²) in [6.07, 6.45) is -0.646. The first-order valence-corrected chi connectivity index (χ1v) is 8.13. The predicted molar refractivity (Wildman–Crippen MR) is 99.8 cm³/mol. The maximum Gasteiger partial charge on any atom is 0.412 e. The lowest BCUT2D eigenvalue weighted by Crippen LogP contribution is -2.16. The number of rotatable bonds is 8. The quantitative estimate of drug-likeness (QED) is 0.363. The highest BCUT2D eigenvalue weighted by Gasteiger charge is 2.22. The Morgan fingerprint density at radius 2 is 2.00 bits per heavy atom. The van der Waals surface area contributed by atoms with E-state index in [4.69, 9.17) is 10.5 Å². The molecule has 0 radical (unpaired) electrons. The molecule has 10 heteroatoms. The lowest BCUT2D eigenvalue weighted by molar-refractivity contribution is -0.383. The molecular formula is C17H19N5O5. The number of pyridine rings is 1. The van der Waals surface area contributed by atoms with Crippen LogP contribution >= 0.6 is 0 Å². The van der Waals surface area contributed by atoms with E-state index in [0.717, 1.165) is 0 Å². The van der Waals surface area contributed by atoms with Gasteiger partial charge in [-0.15, -0.1) is 0 Å². The van der Waals surface area contributed by atoms with Gasteiger partial charge in [-0.1, -0.05) is 30.3 Å². The zero-order valence-corrected chi connectivity index (χ0v) is 14.6. The van der Waals surface area contributed by atoms with E-state index in [1.165, 1.54) is 6.07 Å². The van der Waals surface area contributed by atoms with Gasteiger partial charge in [-0.05, 0) is 6.92 Å². The lowest BCUT2D eigenvalue weighted by Gasteiger charge is -2.11. The molecule has 2 rings (SSSR count). The standard InChI is InChI=1S/C17H19N5O5/c1-2-27-17(24)21-14-10-12(15(22(25)26)16(18)20-14)19-9-8-13(23)11-6-4-3-5-7-11/h3-7,10H,2,8-9H2,1H3,(H4,18,19,20,21,24). The number of benzene rings is 1. The number of nitrogens with one attached hydrogen (secondary N) is 2. The van der Waals surface area contributed by atoms with Crippen LogP contribution in [0, 0.1) is 10.1 Å². The minimum absolute atomic E-state index is 0.00608. The number of hydrogen-bond acceptors (Lipinski definition) is 8. The van der Waals surface area contributed by atoms with Gasteiger partial charge in [0.2, 0.25) is 5.82 Å². The van der Waals surface area contributed by atoms with E-state index in [9.17, 15) is 19.7 Å². The second-order valence-corrected chi connectivity index (χ2v) is 5.36. The SMILES string of the molecule is CCOC(=O)Nc1cc(NCCC(=O)c2ccccc2)c([N+](=O)[O-])c(N)n1. The zero-order valence-electron chi connectivity index (χ0n) is 14.6. The summed E-state index contributed by atoms with van der Waals surface area (Å²) in [6, 6.07) is 9.95. The topological polar surface area (TPSA) is 149 Å². The van der Waals surface area contributed by atoms with Crippen LogP contribution in [-0.4, -0.2) is 34.9 Å². The van der Waals surface area contributed by atoms with Gasteiger partial charge in [0.15, 0.2) is 5.78 Å². The van der Waals surface area contributed by atoms with Gasteiger partial charge in [-0.3, -0.25) is 20.2 Å². The Bertz CT molecular complexity index is 841. The van der Waals surface area contributed by atoms with Crippen molar-refractivity contribution in [2.75, 3.05) is 29.5 Å². The molecule has 142 valence electrons. The molecule has 0 bridgehead atoms. The molecule has 0 atom stereocenters. The number of ketones is 1. The van der Waals surface area contributed by atoms with E-state index in [2.05, 4.69) is 15.6 Å². The number of aromatic nitrogens is 1. The van der Waals surface area contributed by atoms with E-state index in [0.29, 0.717) is 5.56 Å². The van der Waals surface area contributed by atoms with E-state index in [-0.39, 0.29) is 42.7 Å². The molecule has 1 aromatic heterocycles. The van der Waals surface area contributed by atoms with Crippen LogP contribution in [0.4, 0.5) is 27.8 Å². The second-order valence-electron chi connectivity index (χ2n) is 5.36. The van der Waals surface area contributed by atoms with Crippen molar-refractivity contribution in [3.8, 4) is 0 Å². The molecule has 0 aliphatic heterocycles. The number of Topliss-reactive ketones (excluding diaryl/α,β-unsaturated/α-hetero) is 1. The average molecular weight is 373 g/mol. The molecule has 0 spiro atoms. The summed E-state index contributed by atoms with van der Waals surface area (Å²) >= 11 is 0. The van der Waals surface area contributed by atoms with Crippen LogP contribution in [0.1, 0.15) is 23.7 Å². The zero-order chi connectivity index (χ0) is 19.8. The van der Waals surface area contributed by atoms with Crippen LogP contribution in [0.25, 0.3) is 0 Å². The van der Waals surface area contributed by atoms with Crippen molar-refractivity contribution in [2.24, 2.45) is 0 Å². The molecular weight excluding hydrogens is 354 g/mol. The van der Waals surface area contributed by atoms with Crippen molar-refractivity contribution < 1.29 is 19.2 Å². The fourth-order valence-corrected chi connectivity index (χ4v) is 2.30. The van der Waals surface area contributed by atoms with E-state index in [1.807, 2.05) is 0 Å². The second kappa shape index (κ2) is 9.13. The van der Waals surface area contributed by atoms with Crippen molar-refractivity contribution in [3.63, 3.8) is 0 Å². The first-order chi connectivity index (χ1) is 12.9. The van der Waals surface area contributed by atoms with Gasteiger partial charge in [0, 0.05) is 24.6 Å². The lowest BCUT2D eigenvalue weighted by atomic mass is 10.1. The van der Waals surface area contributed by atoms with Gasteiger partial charge in [-0.25, -0.2) is 9.78 Å². The fraction of sp³-hybridized carbons (Fsp3) is 0.235. The molecule has 27 heavy (non-hydrogen) atoms. The van der Waals surface area contributed by atoms with Crippen molar-refractivity contribution in [3.05, 3.63) is 52.1 Å². The minimum atomic E-state index is -0.761. The fourth-order valence-electron chi connectivity index (χ4n) is 2.30. The van der Waals surface area contributed by atoms with Crippen molar-refractivity contribution in [1.82, 2.24) is 4.98 Å². The maximum atomic E-state index is 12.1. The Hall–Kier alpha value is -3.69. The number of nitrogens with two attached hydrogens (primary N) is 1. The van der Waals surface area contributed by atoms with Crippen molar-refractivity contribution in [1.29, 1.82) is 0 Å².